The quantitative estimate of drug-likeness (QED) is 0.497. The van der Waals surface area contributed by atoms with Gasteiger partial charge in [-0.05, 0) is 45.2 Å². The van der Waals surface area contributed by atoms with Gasteiger partial charge in [0.25, 0.3) is 11.8 Å². The number of hydrogen-bond donors (Lipinski definition) is 2. The average molecular weight is 457 g/mol. The third kappa shape index (κ3) is 5.79. The summed E-state index contributed by atoms with van der Waals surface area (Å²) in [7, 11) is 0. The van der Waals surface area contributed by atoms with Crippen LogP contribution in [0.15, 0.2) is 24.4 Å². The van der Waals surface area contributed by atoms with Gasteiger partial charge in [-0.3, -0.25) is 9.78 Å². The molecule has 0 spiro atoms. The van der Waals surface area contributed by atoms with Gasteiger partial charge in [0.2, 0.25) is 5.75 Å². The summed E-state index contributed by atoms with van der Waals surface area (Å²) in [4.78, 5) is 28.6. The van der Waals surface area contributed by atoms with Crippen molar-refractivity contribution in [2.24, 2.45) is 0 Å². The van der Waals surface area contributed by atoms with Crippen molar-refractivity contribution in [3.05, 3.63) is 41.6 Å². The first-order chi connectivity index (χ1) is 15.9. The van der Waals surface area contributed by atoms with Gasteiger partial charge in [0.1, 0.15) is 5.82 Å². The number of aliphatic hydroxyl groups excluding tert-OH is 1. The van der Waals surface area contributed by atoms with Crippen LogP contribution >= 0.6 is 0 Å². The fourth-order valence-electron chi connectivity index (χ4n) is 4.55. The summed E-state index contributed by atoms with van der Waals surface area (Å²) in [5.41, 5.74) is 0.817. The number of nitrogens with zero attached hydrogens (tertiary/aromatic N) is 4. The van der Waals surface area contributed by atoms with Gasteiger partial charge >= 0.3 is 0 Å². The summed E-state index contributed by atoms with van der Waals surface area (Å²) in [5.74, 6) is -0.290. The molecule has 0 radical (unpaired) electrons. The topological polar surface area (TPSA) is 109 Å². The zero-order chi connectivity index (χ0) is 23.8. The van der Waals surface area contributed by atoms with Crippen molar-refractivity contribution < 1.29 is 19.7 Å². The fraction of sp³-hybridized carbons (Fsp3) is 0.600. The highest BCUT2D eigenvalue weighted by Gasteiger charge is 2.39. The Hall–Kier alpha value is -2.74. The van der Waals surface area contributed by atoms with Gasteiger partial charge in [-0.2, -0.15) is 4.98 Å². The van der Waals surface area contributed by atoms with E-state index in [1.165, 1.54) is 4.90 Å². The van der Waals surface area contributed by atoms with Gasteiger partial charge in [0.15, 0.2) is 5.69 Å². The summed E-state index contributed by atoms with van der Waals surface area (Å²) >= 11 is 0. The van der Waals surface area contributed by atoms with E-state index in [2.05, 4.69) is 15.0 Å². The number of aromatic hydroxyl groups is 1. The van der Waals surface area contributed by atoms with Gasteiger partial charge in [-0.15, -0.1) is 0 Å². The maximum Gasteiger partial charge on any atom is 0.276 e. The van der Waals surface area contributed by atoms with E-state index in [-0.39, 0.29) is 47.8 Å². The van der Waals surface area contributed by atoms with Crippen LogP contribution in [0.4, 0.5) is 0 Å². The van der Waals surface area contributed by atoms with Crippen molar-refractivity contribution in [2.45, 2.75) is 77.2 Å². The monoisotopic (exact) mass is 456 g/mol. The van der Waals surface area contributed by atoms with Crippen molar-refractivity contribution in [1.82, 2.24) is 19.9 Å². The fourth-order valence-corrected chi connectivity index (χ4v) is 4.55. The van der Waals surface area contributed by atoms with E-state index in [4.69, 9.17) is 4.74 Å². The normalized spacial score (nSPS) is 15.1. The molecule has 2 aromatic rings. The Labute approximate surface area is 196 Å². The predicted molar refractivity (Wildman–Crippen MR) is 125 cm³/mol. The molecule has 0 aliphatic heterocycles. The predicted octanol–water partition coefficient (Wildman–Crippen LogP) is 3.65. The minimum Gasteiger partial charge on any atom is -0.491 e. The number of carbonyl (C=O) groups is 1. The first-order valence-electron chi connectivity index (χ1n) is 12.0. The Kier molecular flexibility index (Phi) is 8.61. The van der Waals surface area contributed by atoms with Gasteiger partial charge in [0.05, 0.1) is 13.2 Å². The number of pyridine rings is 1. The molecule has 2 heterocycles. The maximum atomic E-state index is 13.4. The van der Waals surface area contributed by atoms with Gasteiger partial charge < -0.3 is 19.8 Å². The van der Waals surface area contributed by atoms with Crippen LogP contribution in [0.3, 0.4) is 0 Å². The Balaban J connectivity index is 2.01. The second-order valence-corrected chi connectivity index (χ2v) is 9.04. The van der Waals surface area contributed by atoms with Crippen molar-refractivity contribution in [3.8, 4) is 11.6 Å². The molecule has 1 fully saturated rings. The Morgan fingerprint density at radius 1 is 1.24 bits per heavy atom. The third-order valence-electron chi connectivity index (χ3n) is 6.33. The second-order valence-electron chi connectivity index (χ2n) is 9.04. The summed E-state index contributed by atoms with van der Waals surface area (Å²) in [6.45, 7) is 6.15. The maximum absolute atomic E-state index is 13.4. The van der Waals surface area contributed by atoms with Crippen LogP contribution in [0.25, 0.3) is 0 Å². The minimum absolute atomic E-state index is 0.0131. The third-order valence-corrected chi connectivity index (χ3v) is 6.33. The minimum atomic E-state index is -0.386. The molecule has 0 aromatic carbocycles. The van der Waals surface area contributed by atoms with E-state index in [0.717, 1.165) is 44.2 Å². The molecule has 1 amide bonds. The molecule has 3 rings (SSSR count). The highest BCUT2D eigenvalue weighted by atomic mass is 16.5. The van der Waals surface area contributed by atoms with Crippen molar-refractivity contribution >= 4 is 5.91 Å². The number of hydrogen-bond acceptors (Lipinski definition) is 7. The molecule has 8 heteroatoms. The molecule has 1 aliphatic carbocycles. The van der Waals surface area contributed by atoms with Crippen LogP contribution in [0.1, 0.15) is 81.3 Å². The molecule has 0 unspecified atom stereocenters. The van der Waals surface area contributed by atoms with Crippen LogP contribution < -0.4 is 4.74 Å². The van der Waals surface area contributed by atoms with Crippen molar-refractivity contribution in [1.29, 1.82) is 0 Å². The van der Waals surface area contributed by atoms with E-state index in [9.17, 15) is 15.0 Å². The van der Waals surface area contributed by atoms with Crippen molar-refractivity contribution in [2.75, 3.05) is 19.8 Å². The number of aliphatic hydroxyl groups is 1. The summed E-state index contributed by atoms with van der Waals surface area (Å²) < 4.78 is 5.77. The van der Waals surface area contributed by atoms with Gasteiger partial charge in [0, 0.05) is 36.3 Å². The van der Waals surface area contributed by atoms with E-state index in [1.807, 2.05) is 39.0 Å². The number of carbonyl (C=O) groups excluding carboxylic acids is 1. The summed E-state index contributed by atoms with van der Waals surface area (Å²) in [6, 6.07) is 5.76. The molecule has 2 N–H and O–H groups in total. The van der Waals surface area contributed by atoms with Crippen LogP contribution in [0.2, 0.25) is 0 Å². The lowest BCUT2D eigenvalue weighted by molar-refractivity contribution is 0.0652. The van der Waals surface area contributed by atoms with Crippen molar-refractivity contribution in [3.63, 3.8) is 0 Å². The average Bonchev–Trinajstić information content (AvgIpc) is 3.28. The molecule has 0 bridgehead atoms. The molecular weight excluding hydrogens is 420 g/mol. The zero-order valence-corrected chi connectivity index (χ0v) is 20.0. The van der Waals surface area contributed by atoms with Crippen LogP contribution in [0.5, 0.6) is 11.6 Å². The first kappa shape index (κ1) is 24.9. The lowest BCUT2D eigenvalue weighted by Gasteiger charge is -2.29. The first-order valence-corrected chi connectivity index (χ1v) is 12.0. The Bertz CT molecular complexity index is 914. The lowest BCUT2D eigenvalue weighted by Crippen LogP contribution is -2.40. The Morgan fingerprint density at radius 3 is 2.61 bits per heavy atom. The van der Waals surface area contributed by atoms with Gasteiger partial charge in [-0.25, -0.2) is 4.98 Å². The van der Waals surface area contributed by atoms with Crippen LogP contribution in [0, 0.1) is 0 Å². The van der Waals surface area contributed by atoms with Crippen LogP contribution in [-0.2, 0) is 11.8 Å². The molecule has 2 aromatic heterocycles. The number of rotatable bonds is 11. The van der Waals surface area contributed by atoms with E-state index in [0.29, 0.717) is 18.9 Å². The molecule has 33 heavy (non-hydrogen) atoms. The van der Waals surface area contributed by atoms with E-state index >= 15 is 0 Å². The molecule has 180 valence electrons. The number of ether oxygens (including phenoxy) is 1. The smallest absolute Gasteiger partial charge is 0.276 e. The summed E-state index contributed by atoms with van der Waals surface area (Å²) in [6.07, 6.45) is 8.05. The van der Waals surface area contributed by atoms with Gasteiger partial charge in [-0.1, -0.05) is 32.3 Å². The molecule has 0 saturated heterocycles. The highest BCUT2D eigenvalue weighted by Crippen LogP contribution is 2.43. The Morgan fingerprint density at radius 2 is 2.00 bits per heavy atom. The molecule has 1 aliphatic rings. The standard InChI is InChI=1S/C25H36N4O4/c1-4-5-16-33-22-21(24(32)29(14-15-30)18(2)3)27-20(28-23(22)31)17-25(11-7-8-12-25)19-10-6-9-13-26-19/h6,9-10,13,18,30H,4-5,7-8,11-12,14-17H2,1-3H3,(H,27,28,31). The summed E-state index contributed by atoms with van der Waals surface area (Å²) in [5, 5.41) is 20.3. The molecule has 1 saturated carbocycles. The second kappa shape index (κ2) is 11.4. The zero-order valence-electron chi connectivity index (χ0n) is 20.0. The molecule has 8 nitrogen and oxygen atoms in total. The molecule has 0 atom stereocenters. The number of amides is 1. The largest absolute Gasteiger partial charge is 0.491 e. The SMILES string of the molecule is CCCCOc1c(O)nc(CC2(c3ccccn3)CCCC2)nc1C(=O)N(CCO)C(C)C. The number of unbranched alkanes of at least 4 members (excludes halogenated alkanes) is 1. The molecular formula is C25H36N4O4. The van der Waals surface area contributed by atoms with E-state index < -0.39 is 0 Å². The lowest BCUT2D eigenvalue weighted by atomic mass is 9.79. The van der Waals surface area contributed by atoms with E-state index in [1.54, 1.807) is 6.20 Å². The highest BCUT2D eigenvalue weighted by molar-refractivity contribution is 5.95. The number of aromatic nitrogens is 3. The van der Waals surface area contributed by atoms with Crippen LogP contribution in [-0.4, -0.2) is 61.8 Å².